The molecule has 0 fully saturated rings. The van der Waals surface area contributed by atoms with E-state index in [1.165, 1.54) is 11.3 Å². The fraction of sp³-hybridized carbons (Fsp3) is 0.0769. The minimum atomic E-state index is 0.120. The van der Waals surface area contributed by atoms with Gasteiger partial charge in [0.1, 0.15) is 0 Å². The molecule has 1 aliphatic heterocycles. The number of hydrogen-bond donors (Lipinski definition) is 2. The predicted molar refractivity (Wildman–Crippen MR) is 78.3 cm³/mol. The molecule has 0 aliphatic carbocycles. The molecule has 0 atom stereocenters. The highest BCUT2D eigenvalue weighted by Crippen LogP contribution is 2.37. The topological polar surface area (TPSA) is 48.4 Å². The van der Waals surface area contributed by atoms with E-state index >= 15 is 0 Å². The largest absolute Gasteiger partial charge is 0.494 e. The lowest BCUT2D eigenvalue weighted by atomic mass is 10.0. The van der Waals surface area contributed by atoms with Gasteiger partial charge in [0, 0.05) is 16.8 Å². The average Bonchev–Trinajstić information content (AvgIpc) is 2.81. The number of benzene rings is 1. The van der Waals surface area contributed by atoms with Gasteiger partial charge in [-0.2, -0.15) is 0 Å². The molecule has 0 saturated carbocycles. The molecule has 0 amide bonds. The minimum absolute atomic E-state index is 0.120. The van der Waals surface area contributed by atoms with Crippen LogP contribution in [0.1, 0.15) is 17.4 Å². The number of thiazole rings is 1. The van der Waals surface area contributed by atoms with Gasteiger partial charge in [-0.25, -0.2) is 0 Å². The van der Waals surface area contributed by atoms with E-state index in [2.05, 4.69) is 9.98 Å². The first-order chi connectivity index (χ1) is 8.65. The maximum atomic E-state index is 9.73. The summed E-state index contributed by atoms with van der Waals surface area (Å²) in [5, 5.41) is 9.73. The number of allylic oxidation sites excluding steroid dienone is 1. The molecule has 3 nitrogen and oxygen atoms in total. The summed E-state index contributed by atoms with van der Waals surface area (Å²) in [6.07, 6.45) is 1.93. The van der Waals surface area contributed by atoms with Crippen LogP contribution >= 0.6 is 23.6 Å². The molecule has 1 aromatic heterocycles. The van der Waals surface area contributed by atoms with Crippen LogP contribution in [0.25, 0.3) is 11.6 Å². The number of aromatic amines is 1. The minimum Gasteiger partial charge on any atom is -0.494 e. The Labute approximate surface area is 113 Å². The number of rotatable bonds is 1. The van der Waals surface area contributed by atoms with E-state index in [0.29, 0.717) is 3.95 Å². The highest BCUT2D eigenvalue weighted by Gasteiger charge is 2.17. The molecule has 90 valence electrons. The first kappa shape index (κ1) is 11.4. The van der Waals surface area contributed by atoms with Crippen molar-refractivity contribution in [3.05, 3.63) is 38.7 Å². The molecule has 2 N–H and O–H groups in total. The number of aromatic hydroxyl groups is 1. The Kier molecular flexibility index (Phi) is 2.65. The van der Waals surface area contributed by atoms with Crippen LogP contribution in [0.4, 0.5) is 5.69 Å². The normalized spacial score (nSPS) is 15.8. The second-order valence-electron chi connectivity index (χ2n) is 4.00. The van der Waals surface area contributed by atoms with Gasteiger partial charge in [0.15, 0.2) is 3.95 Å². The lowest BCUT2D eigenvalue weighted by Gasteiger charge is -2.00. The van der Waals surface area contributed by atoms with Crippen molar-refractivity contribution >= 4 is 46.6 Å². The van der Waals surface area contributed by atoms with Crippen molar-refractivity contribution in [1.29, 1.82) is 0 Å². The van der Waals surface area contributed by atoms with Crippen LogP contribution in [0.15, 0.2) is 29.3 Å². The van der Waals surface area contributed by atoms with Gasteiger partial charge in [-0.15, -0.1) is 11.3 Å². The van der Waals surface area contributed by atoms with Crippen molar-refractivity contribution in [1.82, 2.24) is 4.98 Å². The van der Waals surface area contributed by atoms with Crippen LogP contribution < -0.4 is 0 Å². The number of para-hydroxylation sites is 1. The van der Waals surface area contributed by atoms with Crippen molar-refractivity contribution < 1.29 is 5.11 Å². The second kappa shape index (κ2) is 4.19. The fourth-order valence-corrected chi connectivity index (χ4v) is 3.02. The van der Waals surface area contributed by atoms with Crippen LogP contribution in [0, 0.1) is 3.95 Å². The summed E-state index contributed by atoms with van der Waals surface area (Å²) in [5.74, 6) is 0.120. The van der Waals surface area contributed by atoms with Crippen LogP contribution in [0.5, 0.6) is 5.88 Å². The Morgan fingerprint density at radius 2 is 2.17 bits per heavy atom. The first-order valence-electron chi connectivity index (χ1n) is 5.44. The van der Waals surface area contributed by atoms with Crippen LogP contribution in [0.3, 0.4) is 0 Å². The third-order valence-electron chi connectivity index (χ3n) is 2.80. The van der Waals surface area contributed by atoms with Gasteiger partial charge in [0.2, 0.25) is 5.88 Å². The van der Waals surface area contributed by atoms with E-state index in [1.54, 1.807) is 0 Å². The van der Waals surface area contributed by atoms with Crippen LogP contribution in [-0.2, 0) is 0 Å². The number of nitrogens with zero attached hydrogens (tertiary/aromatic N) is 1. The zero-order chi connectivity index (χ0) is 12.7. The Morgan fingerprint density at radius 3 is 2.89 bits per heavy atom. The van der Waals surface area contributed by atoms with E-state index in [0.717, 1.165) is 27.4 Å². The molecule has 0 saturated heterocycles. The molecule has 1 aromatic carbocycles. The molecule has 0 bridgehead atoms. The third-order valence-corrected chi connectivity index (χ3v) is 3.97. The molecule has 0 spiro atoms. The summed E-state index contributed by atoms with van der Waals surface area (Å²) in [4.78, 5) is 7.96. The summed E-state index contributed by atoms with van der Waals surface area (Å²) >= 11 is 6.37. The van der Waals surface area contributed by atoms with Gasteiger partial charge in [0.25, 0.3) is 0 Å². The van der Waals surface area contributed by atoms with Gasteiger partial charge in [-0.3, -0.25) is 4.99 Å². The summed E-state index contributed by atoms with van der Waals surface area (Å²) in [6, 6.07) is 7.97. The van der Waals surface area contributed by atoms with Crippen molar-refractivity contribution in [2.75, 3.05) is 0 Å². The molecule has 18 heavy (non-hydrogen) atoms. The summed E-state index contributed by atoms with van der Waals surface area (Å²) < 4.78 is 0.570. The van der Waals surface area contributed by atoms with Gasteiger partial charge in [-0.05, 0) is 31.3 Å². The standard InChI is InChI=1S/C13H10N2OS2/c1-7-9(6-11-12(16)15-13(17)18-11)8-4-2-3-5-10(8)14-7/h2-6,16H,1H3,(H,15,17)/b9-6+. The van der Waals surface area contributed by atoms with Gasteiger partial charge >= 0.3 is 0 Å². The van der Waals surface area contributed by atoms with Crippen LogP contribution in [0.2, 0.25) is 0 Å². The Bertz CT molecular complexity index is 737. The lowest BCUT2D eigenvalue weighted by molar-refractivity contribution is 0.456. The number of H-pyrrole nitrogens is 1. The third kappa shape index (κ3) is 1.81. The maximum absolute atomic E-state index is 9.73. The van der Waals surface area contributed by atoms with Gasteiger partial charge in [-0.1, -0.05) is 18.2 Å². The molecule has 2 aromatic rings. The van der Waals surface area contributed by atoms with E-state index in [9.17, 15) is 5.11 Å². The molecule has 0 unspecified atom stereocenters. The van der Waals surface area contributed by atoms with Gasteiger partial charge < -0.3 is 10.1 Å². The monoisotopic (exact) mass is 274 g/mol. The van der Waals surface area contributed by atoms with E-state index in [1.807, 2.05) is 37.3 Å². The quantitative estimate of drug-likeness (QED) is 0.767. The zero-order valence-electron chi connectivity index (χ0n) is 9.60. The molecule has 1 aliphatic rings. The van der Waals surface area contributed by atoms with Crippen molar-refractivity contribution in [2.24, 2.45) is 4.99 Å². The fourth-order valence-electron chi connectivity index (χ4n) is 1.98. The Morgan fingerprint density at radius 1 is 1.39 bits per heavy atom. The van der Waals surface area contributed by atoms with Crippen molar-refractivity contribution in [3.63, 3.8) is 0 Å². The first-order valence-corrected chi connectivity index (χ1v) is 6.66. The highest BCUT2D eigenvalue weighted by atomic mass is 32.1. The lowest BCUT2D eigenvalue weighted by Crippen LogP contribution is -1.89. The SMILES string of the molecule is CC1=Nc2ccccc2/C1=C/c1sc(=S)[nH]c1O. The van der Waals surface area contributed by atoms with Crippen molar-refractivity contribution in [2.45, 2.75) is 6.92 Å². The molecule has 3 rings (SSSR count). The van der Waals surface area contributed by atoms with E-state index < -0.39 is 0 Å². The Hall–Kier alpha value is -1.72. The number of hydrogen-bond acceptors (Lipinski definition) is 4. The maximum Gasteiger partial charge on any atom is 0.207 e. The smallest absolute Gasteiger partial charge is 0.207 e. The second-order valence-corrected chi connectivity index (χ2v) is 5.72. The molecule has 2 heterocycles. The summed E-state index contributed by atoms with van der Waals surface area (Å²) in [7, 11) is 0. The molecular formula is C13H10N2OS2. The number of aromatic nitrogens is 1. The molecule has 0 radical (unpaired) electrons. The number of aliphatic imine (C=N–C) groups is 1. The number of nitrogens with one attached hydrogen (secondary N) is 1. The van der Waals surface area contributed by atoms with Crippen molar-refractivity contribution in [3.8, 4) is 5.88 Å². The summed E-state index contributed by atoms with van der Waals surface area (Å²) in [6.45, 7) is 1.97. The highest BCUT2D eigenvalue weighted by molar-refractivity contribution is 7.73. The van der Waals surface area contributed by atoms with Gasteiger partial charge in [0.05, 0.1) is 10.6 Å². The van der Waals surface area contributed by atoms with E-state index in [4.69, 9.17) is 12.2 Å². The zero-order valence-corrected chi connectivity index (χ0v) is 11.2. The molecule has 5 heteroatoms. The average molecular weight is 274 g/mol. The molecular weight excluding hydrogens is 264 g/mol. The number of fused-ring (bicyclic) bond motifs is 1. The summed E-state index contributed by atoms with van der Waals surface area (Å²) in [5.41, 5.74) is 4.05. The Balaban J connectivity index is 2.16. The van der Waals surface area contributed by atoms with E-state index in [-0.39, 0.29) is 5.88 Å². The predicted octanol–water partition coefficient (Wildman–Crippen LogP) is 4.16. The van der Waals surface area contributed by atoms with Crippen LogP contribution in [-0.4, -0.2) is 15.8 Å².